The number of Topliss-reactive ketones (excluding diaryl/α,β-unsaturated/α-hetero) is 1. The van der Waals surface area contributed by atoms with E-state index in [9.17, 15) is 15.0 Å². The van der Waals surface area contributed by atoms with Crippen LogP contribution in [0.25, 0.3) is 0 Å². The van der Waals surface area contributed by atoms with Crippen molar-refractivity contribution in [2.45, 2.75) is 83.7 Å². The molecule has 1 fully saturated rings. The molecule has 24 heavy (non-hydrogen) atoms. The predicted octanol–water partition coefficient (Wildman–Crippen LogP) is 2.93. The number of carbonyl (C=O) groups excluding carboxylic acids is 1. The Bertz CT molecular complexity index is 617. The van der Waals surface area contributed by atoms with E-state index in [2.05, 4.69) is 13.0 Å². The monoisotopic (exact) mass is 334 g/mol. The van der Waals surface area contributed by atoms with E-state index in [0.29, 0.717) is 5.57 Å². The second-order valence-electron chi connectivity index (χ2n) is 8.61. The molecule has 0 unspecified atom stereocenters. The van der Waals surface area contributed by atoms with Crippen molar-refractivity contribution in [2.24, 2.45) is 11.3 Å². The third-order valence-corrected chi connectivity index (χ3v) is 7.05. The average Bonchev–Trinajstić information content (AvgIpc) is 3.18. The van der Waals surface area contributed by atoms with Gasteiger partial charge in [0.2, 0.25) is 0 Å². The second kappa shape index (κ2) is 5.52. The lowest BCUT2D eigenvalue weighted by Gasteiger charge is -2.52. The largest absolute Gasteiger partial charge is 0.389 e. The summed E-state index contributed by atoms with van der Waals surface area (Å²) in [4.78, 5) is 13.0. The zero-order valence-corrected chi connectivity index (χ0v) is 15.4. The molecule has 4 heteroatoms. The van der Waals surface area contributed by atoms with E-state index in [4.69, 9.17) is 4.74 Å². The first-order valence-electron chi connectivity index (χ1n) is 9.03. The van der Waals surface area contributed by atoms with Gasteiger partial charge in [-0.05, 0) is 58.4 Å². The van der Waals surface area contributed by atoms with Gasteiger partial charge in [0.05, 0.1) is 11.7 Å². The van der Waals surface area contributed by atoms with Gasteiger partial charge in [0.1, 0.15) is 11.7 Å². The third-order valence-electron chi connectivity index (χ3n) is 7.05. The number of ketones is 1. The highest BCUT2D eigenvalue weighted by molar-refractivity contribution is 6.03. The lowest BCUT2D eigenvalue weighted by molar-refractivity contribution is -0.131. The lowest BCUT2D eigenvalue weighted by atomic mass is 9.55. The van der Waals surface area contributed by atoms with Crippen LogP contribution in [0.3, 0.4) is 0 Å². The van der Waals surface area contributed by atoms with Gasteiger partial charge in [-0.1, -0.05) is 25.5 Å². The van der Waals surface area contributed by atoms with E-state index in [1.807, 2.05) is 20.8 Å². The van der Waals surface area contributed by atoms with Gasteiger partial charge in [-0.15, -0.1) is 0 Å². The van der Waals surface area contributed by atoms with Gasteiger partial charge in [-0.25, -0.2) is 0 Å². The number of aliphatic hydroxyl groups excluding tert-OH is 1. The second-order valence-corrected chi connectivity index (χ2v) is 8.61. The first kappa shape index (κ1) is 17.8. The topological polar surface area (TPSA) is 70.1 Å². The molecule has 2 N–H and O–H groups in total. The lowest BCUT2D eigenvalue weighted by Crippen LogP contribution is -2.57. The summed E-state index contributed by atoms with van der Waals surface area (Å²) < 4.78 is 5.73. The summed E-state index contributed by atoms with van der Waals surface area (Å²) in [6.07, 6.45) is 5.82. The van der Waals surface area contributed by atoms with E-state index in [-0.39, 0.29) is 11.7 Å². The molecule has 1 heterocycles. The number of carbonyl (C=O) groups is 1. The average molecular weight is 334 g/mol. The summed E-state index contributed by atoms with van der Waals surface area (Å²) in [5, 5.41) is 21.9. The fourth-order valence-corrected chi connectivity index (χ4v) is 4.46. The maximum Gasteiger partial charge on any atom is 0.193 e. The smallest absolute Gasteiger partial charge is 0.193 e. The summed E-state index contributed by atoms with van der Waals surface area (Å²) in [5.74, 6) is -0.299. The number of fused-ring (bicyclic) bond motifs is 3. The van der Waals surface area contributed by atoms with Gasteiger partial charge in [-0.3, -0.25) is 4.79 Å². The Balaban J connectivity index is 2.08. The summed E-state index contributed by atoms with van der Waals surface area (Å²) in [7, 11) is 0. The summed E-state index contributed by atoms with van der Waals surface area (Å²) in [5.41, 5.74) is -0.695. The van der Waals surface area contributed by atoms with Crippen LogP contribution in [0, 0.1) is 11.3 Å². The third kappa shape index (κ3) is 2.51. The van der Waals surface area contributed by atoms with Crippen LogP contribution in [0.1, 0.15) is 60.3 Å². The number of hydrogen-bond donors (Lipinski definition) is 2. The Morgan fingerprint density at radius 2 is 1.92 bits per heavy atom. The van der Waals surface area contributed by atoms with E-state index in [1.54, 1.807) is 13.0 Å². The summed E-state index contributed by atoms with van der Waals surface area (Å²) in [6, 6.07) is 0. The molecule has 0 spiro atoms. The zero-order valence-electron chi connectivity index (χ0n) is 15.4. The molecule has 1 aliphatic heterocycles. The molecule has 3 aliphatic rings. The Labute approximate surface area is 144 Å². The quantitative estimate of drug-likeness (QED) is 0.528. The normalized spacial score (nSPS) is 51.5. The highest BCUT2D eigenvalue weighted by Crippen LogP contribution is 2.54. The molecular formula is C20H30O4. The van der Waals surface area contributed by atoms with Crippen LogP contribution in [0.2, 0.25) is 0 Å². The van der Waals surface area contributed by atoms with E-state index in [1.165, 1.54) is 5.57 Å². The van der Waals surface area contributed by atoms with Gasteiger partial charge in [0.25, 0.3) is 0 Å². The molecule has 3 rings (SSSR count). The molecule has 6 atom stereocenters. The van der Waals surface area contributed by atoms with Crippen LogP contribution in [0.15, 0.2) is 23.3 Å². The van der Waals surface area contributed by atoms with Crippen LogP contribution in [0.5, 0.6) is 0 Å². The van der Waals surface area contributed by atoms with Crippen molar-refractivity contribution in [3.8, 4) is 0 Å². The molecule has 0 saturated carbocycles. The molecule has 2 aliphatic carbocycles. The fraction of sp³-hybridized carbons (Fsp3) is 0.750. The number of aliphatic hydroxyl groups is 2. The molecule has 0 aromatic carbocycles. The van der Waals surface area contributed by atoms with Crippen molar-refractivity contribution >= 4 is 5.78 Å². The van der Waals surface area contributed by atoms with Crippen LogP contribution in [-0.2, 0) is 9.53 Å². The van der Waals surface area contributed by atoms with E-state index >= 15 is 0 Å². The first-order chi connectivity index (χ1) is 11.0. The molecule has 1 saturated heterocycles. The number of ether oxygens (including phenoxy) is 1. The molecule has 0 radical (unpaired) electrons. The minimum atomic E-state index is -1.28. The molecular weight excluding hydrogens is 304 g/mol. The maximum atomic E-state index is 13.0. The van der Waals surface area contributed by atoms with Crippen molar-refractivity contribution in [3.05, 3.63) is 23.3 Å². The van der Waals surface area contributed by atoms with Gasteiger partial charge < -0.3 is 14.9 Å². The van der Waals surface area contributed by atoms with Gasteiger partial charge in [-0.2, -0.15) is 0 Å². The fourth-order valence-electron chi connectivity index (χ4n) is 4.46. The Hall–Kier alpha value is -0.970. The highest BCUT2D eigenvalue weighted by atomic mass is 16.6. The minimum Gasteiger partial charge on any atom is -0.389 e. The van der Waals surface area contributed by atoms with Crippen molar-refractivity contribution < 1.29 is 19.7 Å². The van der Waals surface area contributed by atoms with E-state index < -0.39 is 28.8 Å². The molecule has 0 aromatic rings. The molecule has 134 valence electrons. The van der Waals surface area contributed by atoms with Gasteiger partial charge in [0, 0.05) is 11.0 Å². The number of epoxide rings is 1. The zero-order chi connectivity index (χ0) is 17.9. The molecule has 0 aromatic heterocycles. The van der Waals surface area contributed by atoms with E-state index in [0.717, 1.165) is 25.7 Å². The SMILES string of the molecule is C/C1=C\CC[C@@]2(C)O[C@@H]2C(=O)C2=C[C@@H](O)[C@@H](C)[C@](C)(CC1)[C@@]2(C)O. The highest BCUT2D eigenvalue weighted by Gasteiger charge is 2.62. The number of allylic oxidation sites excluding steroid dienone is 2. The van der Waals surface area contributed by atoms with Crippen molar-refractivity contribution in [3.63, 3.8) is 0 Å². The van der Waals surface area contributed by atoms with Crippen LogP contribution >= 0.6 is 0 Å². The van der Waals surface area contributed by atoms with Crippen LogP contribution in [0.4, 0.5) is 0 Å². The molecule has 4 nitrogen and oxygen atoms in total. The summed E-state index contributed by atoms with van der Waals surface area (Å²) >= 11 is 0. The Morgan fingerprint density at radius 3 is 2.58 bits per heavy atom. The molecule has 2 bridgehead atoms. The number of hydrogen-bond acceptors (Lipinski definition) is 4. The molecule has 0 amide bonds. The van der Waals surface area contributed by atoms with Crippen molar-refractivity contribution in [2.75, 3.05) is 0 Å². The standard InChI is InChI=1S/C20H30O4/c1-12-7-6-9-19(4)17(24-19)16(22)14-11-15(21)13(2)18(3,10-8-12)20(14,5)23/h7,11,13,15,17,21,23H,6,8-10H2,1-5H3/b12-7+/t13-,15-,17-,18+,19-,20+/m1/s1. The summed E-state index contributed by atoms with van der Waals surface area (Å²) in [6.45, 7) is 9.75. The maximum absolute atomic E-state index is 13.0. The number of rotatable bonds is 0. The first-order valence-corrected chi connectivity index (χ1v) is 9.03. The Morgan fingerprint density at radius 1 is 1.25 bits per heavy atom. The van der Waals surface area contributed by atoms with Gasteiger partial charge >= 0.3 is 0 Å². The van der Waals surface area contributed by atoms with Crippen LogP contribution < -0.4 is 0 Å². The minimum absolute atomic E-state index is 0.133. The van der Waals surface area contributed by atoms with Crippen molar-refractivity contribution in [1.29, 1.82) is 0 Å². The van der Waals surface area contributed by atoms with Gasteiger partial charge in [0.15, 0.2) is 5.78 Å². The van der Waals surface area contributed by atoms with Crippen LogP contribution in [-0.4, -0.2) is 39.4 Å². The Kier molecular flexibility index (Phi) is 4.10. The van der Waals surface area contributed by atoms with Crippen molar-refractivity contribution in [1.82, 2.24) is 0 Å². The predicted molar refractivity (Wildman–Crippen MR) is 92.5 cm³/mol.